The maximum atomic E-state index is 11.2. The molecule has 0 saturated carbocycles. The van der Waals surface area contributed by atoms with Crippen LogP contribution < -0.4 is 0 Å². The average molecular weight is 264 g/mol. The van der Waals surface area contributed by atoms with Crippen molar-refractivity contribution in [3.05, 3.63) is 35.4 Å². The van der Waals surface area contributed by atoms with Crippen molar-refractivity contribution >= 4 is 5.97 Å². The first-order valence-corrected chi connectivity index (χ1v) is 6.98. The number of aliphatic hydroxyl groups excluding tert-OH is 1. The van der Waals surface area contributed by atoms with Gasteiger partial charge in [0.05, 0.1) is 12.0 Å². The Hall–Kier alpha value is -1.35. The Kier molecular flexibility index (Phi) is 6.03. The van der Waals surface area contributed by atoms with E-state index in [0.717, 1.165) is 12.8 Å². The van der Waals surface area contributed by atoms with Crippen LogP contribution in [-0.4, -0.2) is 16.2 Å². The number of rotatable bonds is 7. The molecule has 0 heterocycles. The molecule has 0 aliphatic carbocycles. The van der Waals surface area contributed by atoms with Crippen molar-refractivity contribution in [1.29, 1.82) is 0 Å². The molecule has 106 valence electrons. The van der Waals surface area contributed by atoms with Crippen molar-refractivity contribution in [2.75, 3.05) is 0 Å². The largest absolute Gasteiger partial charge is 0.481 e. The summed E-state index contributed by atoms with van der Waals surface area (Å²) in [4.78, 5) is 11.2. The first kappa shape index (κ1) is 15.7. The third-order valence-electron chi connectivity index (χ3n) is 3.51. The monoisotopic (exact) mass is 264 g/mol. The summed E-state index contributed by atoms with van der Waals surface area (Å²) < 4.78 is 0. The fourth-order valence-electron chi connectivity index (χ4n) is 2.15. The molecule has 1 rings (SSSR count). The van der Waals surface area contributed by atoms with Gasteiger partial charge in [0.25, 0.3) is 0 Å². The molecular formula is C16H24O3. The molecule has 19 heavy (non-hydrogen) atoms. The average Bonchev–Trinajstić information content (AvgIpc) is 2.38. The van der Waals surface area contributed by atoms with Gasteiger partial charge in [0.15, 0.2) is 0 Å². The Morgan fingerprint density at radius 2 is 1.68 bits per heavy atom. The van der Waals surface area contributed by atoms with Gasteiger partial charge < -0.3 is 10.2 Å². The summed E-state index contributed by atoms with van der Waals surface area (Å²) in [5.74, 6) is -1.21. The predicted molar refractivity (Wildman–Crippen MR) is 76.1 cm³/mol. The van der Waals surface area contributed by atoms with E-state index in [-0.39, 0.29) is 0 Å². The van der Waals surface area contributed by atoms with Gasteiger partial charge in [0.1, 0.15) is 0 Å². The minimum Gasteiger partial charge on any atom is -0.481 e. The zero-order valence-corrected chi connectivity index (χ0v) is 12.0. The minimum atomic E-state index is -0.926. The molecule has 1 aromatic rings. The Balaban J connectivity index is 2.83. The Morgan fingerprint density at radius 3 is 2.11 bits per heavy atom. The lowest BCUT2D eigenvalue weighted by molar-refractivity contribution is -0.146. The van der Waals surface area contributed by atoms with Gasteiger partial charge in [0.2, 0.25) is 0 Å². The van der Waals surface area contributed by atoms with E-state index in [0.29, 0.717) is 17.9 Å². The summed E-state index contributed by atoms with van der Waals surface area (Å²) in [6, 6.07) is 7.59. The molecule has 2 unspecified atom stereocenters. The summed E-state index contributed by atoms with van der Waals surface area (Å²) in [5, 5.41) is 19.4. The molecule has 0 aliphatic rings. The van der Waals surface area contributed by atoms with Crippen LogP contribution in [0.5, 0.6) is 0 Å². The van der Waals surface area contributed by atoms with Gasteiger partial charge in [-0.15, -0.1) is 0 Å². The zero-order chi connectivity index (χ0) is 14.4. The molecule has 3 heteroatoms. The quantitative estimate of drug-likeness (QED) is 0.788. The number of carboxylic acids is 1. The van der Waals surface area contributed by atoms with Crippen molar-refractivity contribution < 1.29 is 15.0 Å². The second-order valence-electron chi connectivity index (χ2n) is 5.35. The highest BCUT2D eigenvalue weighted by Gasteiger charge is 2.27. The normalized spacial score (nSPS) is 14.4. The maximum Gasteiger partial charge on any atom is 0.309 e. The molecule has 0 aliphatic heterocycles. The van der Waals surface area contributed by atoms with Crippen LogP contribution in [0.25, 0.3) is 0 Å². The lowest BCUT2D eigenvalue weighted by Crippen LogP contribution is -2.22. The second-order valence-corrected chi connectivity index (χ2v) is 5.35. The topological polar surface area (TPSA) is 57.5 Å². The molecule has 0 aromatic heterocycles. The molecule has 0 bridgehead atoms. The highest BCUT2D eigenvalue weighted by atomic mass is 16.4. The molecule has 0 saturated heterocycles. The standard InChI is InChI=1S/C16H24O3/c1-4-5-6-14(16(18)19)15(17)13-9-7-12(8-10-13)11(2)3/h7-11,14-15,17H,4-6H2,1-3H3,(H,18,19). The van der Waals surface area contributed by atoms with Crippen LogP contribution in [0.2, 0.25) is 0 Å². The lowest BCUT2D eigenvalue weighted by atomic mass is 9.90. The SMILES string of the molecule is CCCCC(C(=O)O)C(O)c1ccc(C(C)C)cc1. The third kappa shape index (κ3) is 4.35. The summed E-state index contributed by atoms with van der Waals surface area (Å²) in [5.41, 5.74) is 1.88. The summed E-state index contributed by atoms with van der Waals surface area (Å²) in [6.07, 6.45) is 1.34. The smallest absolute Gasteiger partial charge is 0.309 e. The molecule has 1 aromatic carbocycles. The molecule has 0 spiro atoms. The van der Waals surface area contributed by atoms with Gasteiger partial charge in [-0.25, -0.2) is 0 Å². The van der Waals surface area contributed by atoms with Crippen molar-refractivity contribution in [2.45, 2.75) is 52.1 Å². The summed E-state index contributed by atoms with van der Waals surface area (Å²) in [7, 11) is 0. The number of unbranched alkanes of at least 4 members (excludes halogenated alkanes) is 1. The van der Waals surface area contributed by atoms with E-state index < -0.39 is 18.0 Å². The first-order valence-electron chi connectivity index (χ1n) is 6.98. The number of hydrogen-bond acceptors (Lipinski definition) is 2. The molecule has 2 N–H and O–H groups in total. The minimum absolute atomic E-state index is 0.432. The van der Waals surface area contributed by atoms with Crippen LogP contribution in [-0.2, 0) is 4.79 Å². The highest BCUT2D eigenvalue weighted by molar-refractivity contribution is 5.71. The van der Waals surface area contributed by atoms with Crippen molar-refractivity contribution in [2.24, 2.45) is 5.92 Å². The van der Waals surface area contributed by atoms with Crippen LogP contribution in [0.4, 0.5) is 0 Å². The maximum absolute atomic E-state index is 11.2. The van der Waals surface area contributed by atoms with Gasteiger partial charge in [-0.3, -0.25) is 4.79 Å². The molecule has 0 fully saturated rings. The Morgan fingerprint density at radius 1 is 1.16 bits per heavy atom. The van der Waals surface area contributed by atoms with Crippen LogP contribution in [0.1, 0.15) is 63.2 Å². The molecule has 0 amide bonds. The van der Waals surface area contributed by atoms with E-state index in [1.54, 1.807) is 0 Å². The number of aliphatic carboxylic acids is 1. The second kappa shape index (κ2) is 7.29. The number of aliphatic hydroxyl groups is 1. The molecule has 0 radical (unpaired) electrons. The summed E-state index contributed by atoms with van der Waals surface area (Å²) >= 11 is 0. The van der Waals surface area contributed by atoms with Gasteiger partial charge in [0, 0.05) is 0 Å². The van der Waals surface area contributed by atoms with E-state index in [1.807, 2.05) is 31.2 Å². The fraction of sp³-hybridized carbons (Fsp3) is 0.562. The Labute approximate surface area is 115 Å². The zero-order valence-electron chi connectivity index (χ0n) is 12.0. The highest BCUT2D eigenvalue weighted by Crippen LogP contribution is 2.27. The van der Waals surface area contributed by atoms with Crippen molar-refractivity contribution in [1.82, 2.24) is 0 Å². The van der Waals surface area contributed by atoms with Gasteiger partial charge in [-0.05, 0) is 23.5 Å². The number of hydrogen-bond donors (Lipinski definition) is 2. The van der Waals surface area contributed by atoms with E-state index >= 15 is 0 Å². The van der Waals surface area contributed by atoms with Crippen LogP contribution in [0, 0.1) is 5.92 Å². The first-order chi connectivity index (χ1) is 8.97. The lowest BCUT2D eigenvalue weighted by Gasteiger charge is -2.19. The van der Waals surface area contributed by atoms with Crippen molar-refractivity contribution in [3.63, 3.8) is 0 Å². The fourth-order valence-corrected chi connectivity index (χ4v) is 2.15. The van der Waals surface area contributed by atoms with E-state index in [4.69, 9.17) is 0 Å². The van der Waals surface area contributed by atoms with Gasteiger partial charge in [-0.1, -0.05) is 57.9 Å². The summed E-state index contributed by atoms with van der Waals surface area (Å²) in [6.45, 7) is 6.22. The predicted octanol–water partition coefficient (Wildman–Crippen LogP) is 3.73. The molecule has 2 atom stereocenters. The Bertz CT molecular complexity index is 395. The molecular weight excluding hydrogens is 240 g/mol. The van der Waals surface area contributed by atoms with E-state index in [9.17, 15) is 15.0 Å². The molecule has 3 nitrogen and oxygen atoms in total. The van der Waals surface area contributed by atoms with Gasteiger partial charge >= 0.3 is 5.97 Å². The number of carbonyl (C=O) groups is 1. The van der Waals surface area contributed by atoms with Crippen molar-refractivity contribution in [3.8, 4) is 0 Å². The number of carboxylic acid groups (broad SMARTS) is 1. The third-order valence-corrected chi connectivity index (χ3v) is 3.51. The number of benzene rings is 1. The van der Waals surface area contributed by atoms with E-state index in [1.165, 1.54) is 5.56 Å². The van der Waals surface area contributed by atoms with Crippen LogP contribution >= 0.6 is 0 Å². The van der Waals surface area contributed by atoms with Gasteiger partial charge in [-0.2, -0.15) is 0 Å². The van der Waals surface area contributed by atoms with E-state index in [2.05, 4.69) is 13.8 Å². The van der Waals surface area contributed by atoms with Crippen LogP contribution in [0.3, 0.4) is 0 Å². The van der Waals surface area contributed by atoms with Crippen LogP contribution in [0.15, 0.2) is 24.3 Å².